The normalized spacial score (nSPS) is 14.3. The molecule has 4 atom stereocenters. The van der Waals surface area contributed by atoms with Gasteiger partial charge in [-0.25, -0.2) is 4.79 Å². The number of carbonyl (C=O) groups excluding carboxylic acids is 3. The number of phenolic OH excluding ortho intramolecular Hbond substituents is 1. The van der Waals surface area contributed by atoms with Gasteiger partial charge in [0.25, 0.3) is 0 Å². The van der Waals surface area contributed by atoms with Crippen molar-refractivity contribution in [2.75, 3.05) is 6.54 Å². The van der Waals surface area contributed by atoms with E-state index in [2.05, 4.69) is 16.0 Å². The fourth-order valence-corrected chi connectivity index (χ4v) is 2.67. The van der Waals surface area contributed by atoms with Crippen LogP contribution in [-0.4, -0.2) is 80.9 Å². The number of aliphatic hydroxyl groups excluding tert-OH is 1. The molecule has 1 aromatic carbocycles. The molecule has 0 aliphatic rings. The Morgan fingerprint density at radius 1 is 1.00 bits per heavy atom. The first-order chi connectivity index (χ1) is 15.4. The highest BCUT2D eigenvalue weighted by Crippen LogP contribution is 2.11. The maximum atomic E-state index is 12.5. The van der Waals surface area contributed by atoms with Crippen LogP contribution in [0.1, 0.15) is 25.3 Å². The molecule has 9 N–H and O–H groups in total. The smallest absolute Gasteiger partial charge is 0.326 e. The molecule has 4 unspecified atom stereocenters. The number of hydrogen-bond acceptors (Lipinski definition) is 8. The minimum absolute atomic E-state index is 0.0125. The monoisotopic (exact) mass is 468 g/mol. The topological polar surface area (TPSA) is 228 Å². The molecule has 1 aromatic rings. The standard InChI is InChI=1S/C20H28N4O9/c1-10(25)17(24-15(27)9-22-18(30)13(21)6-7-16(28)29)19(31)23-14(20(32)33)8-11-2-4-12(26)5-3-11/h2-5,10,13-14,17,25-26H,6-9,21H2,1H3,(H,22,30)(H,23,31)(H,24,27)(H,28,29)(H,32,33). The predicted molar refractivity (Wildman–Crippen MR) is 113 cm³/mol. The second-order valence-corrected chi connectivity index (χ2v) is 7.31. The summed E-state index contributed by atoms with van der Waals surface area (Å²) in [6.45, 7) is 0.604. The second kappa shape index (κ2) is 13.0. The molecule has 0 aliphatic heterocycles. The van der Waals surface area contributed by atoms with Crippen molar-refractivity contribution in [2.24, 2.45) is 5.73 Å². The van der Waals surface area contributed by atoms with Crippen LogP contribution in [0.15, 0.2) is 24.3 Å². The third-order valence-electron chi connectivity index (χ3n) is 4.50. The van der Waals surface area contributed by atoms with E-state index in [1.165, 1.54) is 31.2 Å². The number of aliphatic hydroxyl groups is 1. The molecule has 0 aliphatic carbocycles. The van der Waals surface area contributed by atoms with E-state index in [0.29, 0.717) is 5.56 Å². The van der Waals surface area contributed by atoms with E-state index in [0.717, 1.165) is 0 Å². The van der Waals surface area contributed by atoms with Crippen molar-refractivity contribution in [1.82, 2.24) is 16.0 Å². The van der Waals surface area contributed by atoms with Crippen LogP contribution in [0.4, 0.5) is 0 Å². The minimum Gasteiger partial charge on any atom is -0.508 e. The number of rotatable bonds is 13. The largest absolute Gasteiger partial charge is 0.508 e. The van der Waals surface area contributed by atoms with Crippen LogP contribution in [0.25, 0.3) is 0 Å². The molecular formula is C20H28N4O9. The lowest BCUT2D eigenvalue weighted by Crippen LogP contribution is -2.57. The third-order valence-corrected chi connectivity index (χ3v) is 4.50. The van der Waals surface area contributed by atoms with Gasteiger partial charge in [0.15, 0.2) is 0 Å². The third kappa shape index (κ3) is 9.97. The van der Waals surface area contributed by atoms with Gasteiger partial charge in [0.1, 0.15) is 17.8 Å². The first-order valence-electron chi connectivity index (χ1n) is 9.94. The lowest BCUT2D eigenvalue weighted by molar-refractivity contribution is -0.143. The molecule has 0 heterocycles. The number of phenols is 1. The molecule has 3 amide bonds. The molecule has 33 heavy (non-hydrogen) atoms. The van der Waals surface area contributed by atoms with Gasteiger partial charge in [-0.1, -0.05) is 12.1 Å². The molecule has 0 saturated heterocycles. The summed E-state index contributed by atoms with van der Waals surface area (Å²) in [4.78, 5) is 58.5. The number of aliphatic carboxylic acids is 2. The Morgan fingerprint density at radius 2 is 1.61 bits per heavy atom. The van der Waals surface area contributed by atoms with Gasteiger partial charge in [-0.2, -0.15) is 0 Å². The summed E-state index contributed by atoms with van der Waals surface area (Å²) < 4.78 is 0. The number of carboxylic acids is 2. The number of aromatic hydroxyl groups is 1. The number of nitrogens with two attached hydrogens (primary N) is 1. The maximum absolute atomic E-state index is 12.5. The SMILES string of the molecule is CC(O)C(NC(=O)CNC(=O)C(N)CCC(=O)O)C(=O)NC(Cc1ccc(O)cc1)C(=O)O. The van der Waals surface area contributed by atoms with Crippen LogP contribution in [0.5, 0.6) is 5.75 Å². The summed E-state index contributed by atoms with van der Waals surface area (Å²) in [6, 6.07) is 1.63. The van der Waals surface area contributed by atoms with Gasteiger partial charge in [-0.15, -0.1) is 0 Å². The molecule has 0 spiro atoms. The van der Waals surface area contributed by atoms with Crippen LogP contribution in [0.2, 0.25) is 0 Å². The zero-order chi connectivity index (χ0) is 25.1. The molecule has 0 fully saturated rings. The van der Waals surface area contributed by atoms with E-state index in [1.807, 2.05) is 0 Å². The van der Waals surface area contributed by atoms with Gasteiger partial charge in [-0.05, 0) is 31.0 Å². The number of benzene rings is 1. The highest BCUT2D eigenvalue weighted by atomic mass is 16.4. The number of amides is 3. The predicted octanol–water partition coefficient (Wildman–Crippen LogP) is -2.32. The molecule has 13 nitrogen and oxygen atoms in total. The summed E-state index contributed by atoms with van der Waals surface area (Å²) in [5.41, 5.74) is 6.04. The first-order valence-corrected chi connectivity index (χ1v) is 9.94. The minimum atomic E-state index is -1.52. The molecule has 0 bridgehead atoms. The summed E-state index contributed by atoms with van der Waals surface area (Å²) in [7, 11) is 0. The van der Waals surface area contributed by atoms with Gasteiger partial charge in [0, 0.05) is 12.8 Å². The lowest BCUT2D eigenvalue weighted by atomic mass is 10.0. The Morgan fingerprint density at radius 3 is 2.12 bits per heavy atom. The van der Waals surface area contributed by atoms with Crippen LogP contribution >= 0.6 is 0 Å². The van der Waals surface area contributed by atoms with Crippen molar-refractivity contribution in [2.45, 2.75) is 50.4 Å². The summed E-state index contributed by atoms with van der Waals surface area (Å²) in [6.07, 6.45) is -1.99. The van der Waals surface area contributed by atoms with Crippen LogP contribution in [0, 0.1) is 0 Å². The number of carboxylic acid groups (broad SMARTS) is 2. The van der Waals surface area contributed by atoms with Crippen molar-refractivity contribution in [3.05, 3.63) is 29.8 Å². The van der Waals surface area contributed by atoms with Gasteiger partial charge in [0.2, 0.25) is 17.7 Å². The molecule has 182 valence electrons. The Labute approximate surface area is 189 Å². The van der Waals surface area contributed by atoms with Gasteiger partial charge in [-0.3, -0.25) is 19.2 Å². The van der Waals surface area contributed by atoms with E-state index < -0.39 is 60.4 Å². The van der Waals surface area contributed by atoms with E-state index in [9.17, 15) is 39.3 Å². The van der Waals surface area contributed by atoms with Crippen LogP contribution in [-0.2, 0) is 30.4 Å². The quantitative estimate of drug-likeness (QED) is 0.154. The Balaban J connectivity index is 2.68. The summed E-state index contributed by atoms with van der Waals surface area (Å²) >= 11 is 0. The summed E-state index contributed by atoms with van der Waals surface area (Å²) in [5.74, 6) is -5.10. The highest BCUT2D eigenvalue weighted by molar-refractivity contribution is 5.93. The highest BCUT2D eigenvalue weighted by Gasteiger charge is 2.30. The Bertz CT molecular complexity index is 858. The Kier molecular flexibility index (Phi) is 10.7. The van der Waals surface area contributed by atoms with E-state index in [4.69, 9.17) is 10.8 Å². The zero-order valence-corrected chi connectivity index (χ0v) is 17.9. The lowest BCUT2D eigenvalue weighted by Gasteiger charge is -2.23. The Hall–Kier alpha value is -3.71. The van der Waals surface area contributed by atoms with Crippen molar-refractivity contribution >= 4 is 29.7 Å². The molecule has 0 radical (unpaired) electrons. The number of nitrogens with one attached hydrogen (secondary N) is 3. The number of carbonyl (C=O) groups is 5. The van der Waals surface area contributed by atoms with E-state index >= 15 is 0 Å². The molecular weight excluding hydrogens is 440 g/mol. The number of hydrogen-bond donors (Lipinski definition) is 8. The molecule has 13 heteroatoms. The fourth-order valence-electron chi connectivity index (χ4n) is 2.67. The van der Waals surface area contributed by atoms with E-state index in [1.54, 1.807) is 0 Å². The van der Waals surface area contributed by atoms with Gasteiger partial charge < -0.3 is 42.1 Å². The first kappa shape index (κ1) is 27.3. The maximum Gasteiger partial charge on any atom is 0.326 e. The fraction of sp³-hybridized carbons (Fsp3) is 0.450. The van der Waals surface area contributed by atoms with Gasteiger partial charge >= 0.3 is 11.9 Å². The van der Waals surface area contributed by atoms with Crippen molar-refractivity contribution in [3.8, 4) is 5.75 Å². The van der Waals surface area contributed by atoms with Crippen LogP contribution in [0.3, 0.4) is 0 Å². The molecule has 0 saturated carbocycles. The van der Waals surface area contributed by atoms with Crippen molar-refractivity contribution in [3.63, 3.8) is 0 Å². The molecule has 1 rings (SSSR count). The average molecular weight is 468 g/mol. The van der Waals surface area contributed by atoms with Crippen LogP contribution < -0.4 is 21.7 Å². The molecule has 0 aromatic heterocycles. The zero-order valence-electron chi connectivity index (χ0n) is 17.9. The van der Waals surface area contributed by atoms with Gasteiger partial charge in [0.05, 0.1) is 18.7 Å². The van der Waals surface area contributed by atoms with Crippen molar-refractivity contribution in [1.29, 1.82) is 0 Å². The van der Waals surface area contributed by atoms with Crippen molar-refractivity contribution < 1.29 is 44.4 Å². The van der Waals surface area contributed by atoms with E-state index in [-0.39, 0.29) is 25.0 Å². The summed E-state index contributed by atoms with van der Waals surface area (Å²) in [5, 5.41) is 43.8. The second-order valence-electron chi connectivity index (χ2n) is 7.31. The average Bonchev–Trinajstić information content (AvgIpc) is 2.74.